The van der Waals surface area contributed by atoms with Crippen molar-refractivity contribution in [3.8, 4) is 0 Å². The fourth-order valence-corrected chi connectivity index (χ4v) is 2.06. The van der Waals surface area contributed by atoms with E-state index in [-0.39, 0.29) is 11.9 Å². The molecule has 0 saturated carbocycles. The van der Waals surface area contributed by atoms with E-state index in [1.165, 1.54) is 0 Å². The molecule has 2 rings (SSSR count). The standard InChI is InChI=1S/C16H19N3O/c1-3-14(12-7-5-4-6-8-12)19-16(20)13-9-10-18-15(11-13)17-2/h4-11,14H,3H2,1-2H3,(H,17,18)(H,19,20). The number of hydrogen-bond donors (Lipinski definition) is 2. The van der Waals surface area contributed by atoms with E-state index in [1.807, 2.05) is 30.3 Å². The van der Waals surface area contributed by atoms with Gasteiger partial charge in [-0.25, -0.2) is 4.98 Å². The molecule has 1 atom stereocenters. The van der Waals surface area contributed by atoms with Crippen LogP contribution in [0.3, 0.4) is 0 Å². The van der Waals surface area contributed by atoms with E-state index < -0.39 is 0 Å². The van der Waals surface area contributed by atoms with Crippen molar-refractivity contribution >= 4 is 11.7 Å². The van der Waals surface area contributed by atoms with Crippen LogP contribution >= 0.6 is 0 Å². The molecule has 1 aromatic carbocycles. The van der Waals surface area contributed by atoms with Crippen molar-refractivity contribution in [1.29, 1.82) is 0 Å². The van der Waals surface area contributed by atoms with E-state index in [0.717, 1.165) is 12.0 Å². The first-order chi connectivity index (χ1) is 9.74. The Morgan fingerprint density at radius 3 is 2.65 bits per heavy atom. The van der Waals surface area contributed by atoms with E-state index in [9.17, 15) is 4.79 Å². The summed E-state index contributed by atoms with van der Waals surface area (Å²) in [5, 5.41) is 5.99. The zero-order chi connectivity index (χ0) is 14.4. The van der Waals surface area contributed by atoms with Crippen LogP contribution in [0.4, 0.5) is 5.82 Å². The third-order valence-electron chi connectivity index (χ3n) is 3.19. The van der Waals surface area contributed by atoms with Crippen LogP contribution in [0.5, 0.6) is 0 Å². The van der Waals surface area contributed by atoms with Crippen LogP contribution in [-0.4, -0.2) is 17.9 Å². The van der Waals surface area contributed by atoms with Crippen molar-refractivity contribution in [3.63, 3.8) is 0 Å². The number of nitrogens with zero attached hydrogens (tertiary/aromatic N) is 1. The lowest BCUT2D eigenvalue weighted by Crippen LogP contribution is -2.28. The second-order valence-electron chi connectivity index (χ2n) is 4.52. The maximum Gasteiger partial charge on any atom is 0.251 e. The number of anilines is 1. The monoisotopic (exact) mass is 269 g/mol. The highest BCUT2D eigenvalue weighted by molar-refractivity contribution is 5.95. The van der Waals surface area contributed by atoms with Crippen molar-refractivity contribution in [2.75, 3.05) is 12.4 Å². The van der Waals surface area contributed by atoms with Gasteiger partial charge in [0.2, 0.25) is 0 Å². The molecule has 104 valence electrons. The molecule has 0 fully saturated rings. The van der Waals surface area contributed by atoms with E-state index in [0.29, 0.717) is 11.4 Å². The molecule has 0 aliphatic carbocycles. The molecule has 0 aliphatic heterocycles. The minimum Gasteiger partial charge on any atom is -0.373 e. The number of nitrogens with one attached hydrogen (secondary N) is 2. The number of pyridine rings is 1. The summed E-state index contributed by atoms with van der Waals surface area (Å²) < 4.78 is 0. The van der Waals surface area contributed by atoms with Crippen molar-refractivity contribution in [1.82, 2.24) is 10.3 Å². The van der Waals surface area contributed by atoms with Crippen LogP contribution in [-0.2, 0) is 0 Å². The Morgan fingerprint density at radius 2 is 2.00 bits per heavy atom. The van der Waals surface area contributed by atoms with Gasteiger partial charge in [0.05, 0.1) is 6.04 Å². The summed E-state index contributed by atoms with van der Waals surface area (Å²) in [6.45, 7) is 2.06. The Morgan fingerprint density at radius 1 is 1.25 bits per heavy atom. The Balaban J connectivity index is 2.13. The SMILES string of the molecule is CCC(NC(=O)c1ccnc(NC)c1)c1ccccc1. The van der Waals surface area contributed by atoms with Gasteiger partial charge in [0, 0.05) is 18.8 Å². The van der Waals surface area contributed by atoms with E-state index in [4.69, 9.17) is 0 Å². The molecule has 2 aromatic rings. The predicted octanol–water partition coefficient (Wildman–Crippen LogP) is 3.00. The van der Waals surface area contributed by atoms with Crippen LogP contribution in [0.1, 0.15) is 35.3 Å². The van der Waals surface area contributed by atoms with Crippen LogP contribution in [0.2, 0.25) is 0 Å². The van der Waals surface area contributed by atoms with Crippen LogP contribution in [0.25, 0.3) is 0 Å². The Kier molecular flexibility index (Phi) is 4.71. The molecule has 1 unspecified atom stereocenters. The van der Waals surface area contributed by atoms with Gasteiger partial charge in [-0.3, -0.25) is 4.79 Å². The predicted molar refractivity (Wildman–Crippen MR) is 80.7 cm³/mol. The lowest BCUT2D eigenvalue weighted by molar-refractivity contribution is 0.0935. The molecule has 1 aromatic heterocycles. The quantitative estimate of drug-likeness (QED) is 0.877. The molecule has 1 amide bonds. The molecule has 20 heavy (non-hydrogen) atoms. The topological polar surface area (TPSA) is 54.0 Å². The first kappa shape index (κ1) is 14.1. The van der Waals surface area contributed by atoms with Gasteiger partial charge in [0.15, 0.2) is 0 Å². The third kappa shape index (κ3) is 3.35. The minimum atomic E-state index is -0.0837. The molecular weight excluding hydrogens is 250 g/mol. The van der Waals surface area contributed by atoms with Crippen LogP contribution in [0.15, 0.2) is 48.7 Å². The van der Waals surface area contributed by atoms with E-state index in [2.05, 4.69) is 22.5 Å². The molecule has 0 spiro atoms. The van der Waals surface area contributed by atoms with Gasteiger partial charge in [0.25, 0.3) is 5.91 Å². The van der Waals surface area contributed by atoms with Gasteiger partial charge in [-0.15, -0.1) is 0 Å². The molecule has 1 heterocycles. The number of carbonyl (C=O) groups is 1. The van der Waals surface area contributed by atoms with E-state index in [1.54, 1.807) is 25.4 Å². The number of carbonyl (C=O) groups excluding carboxylic acids is 1. The lowest BCUT2D eigenvalue weighted by atomic mass is 10.0. The van der Waals surface area contributed by atoms with Crippen molar-refractivity contribution in [2.45, 2.75) is 19.4 Å². The number of benzene rings is 1. The largest absolute Gasteiger partial charge is 0.373 e. The summed E-state index contributed by atoms with van der Waals surface area (Å²) in [7, 11) is 1.78. The number of hydrogen-bond acceptors (Lipinski definition) is 3. The summed E-state index contributed by atoms with van der Waals surface area (Å²) in [6.07, 6.45) is 2.48. The normalized spacial score (nSPS) is 11.7. The molecule has 4 heteroatoms. The number of aromatic nitrogens is 1. The second kappa shape index (κ2) is 6.70. The fraction of sp³-hybridized carbons (Fsp3) is 0.250. The summed E-state index contributed by atoms with van der Waals surface area (Å²) >= 11 is 0. The first-order valence-corrected chi connectivity index (χ1v) is 6.74. The van der Waals surface area contributed by atoms with Crippen LogP contribution in [0, 0.1) is 0 Å². The zero-order valence-electron chi connectivity index (χ0n) is 11.8. The van der Waals surface area contributed by atoms with Crippen LogP contribution < -0.4 is 10.6 Å². The van der Waals surface area contributed by atoms with Gasteiger partial charge < -0.3 is 10.6 Å². The van der Waals surface area contributed by atoms with Gasteiger partial charge in [-0.2, -0.15) is 0 Å². The summed E-state index contributed by atoms with van der Waals surface area (Å²) in [6, 6.07) is 13.5. The molecule has 0 bridgehead atoms. The molecule has 4 nitrogen and oxygen atoms in total. The maximum absolute atomic E-state index is 12.3. The highest BCUT2D eigenvalue weighted by Crippen LogP contribution is 2.17. The van der Waals surface area contributed by atoms with Gasteiger partial charge in [0.1, 0.15) is 5.82 Å². The average molecular weight is 269 g/mol. The fourth-order valence-electron chi connectivity index (χ4n) is 2.06. The number of amides is 1. The van der Waals surface area contributed by atoms with Gasteiger partial charge in [-0.1, -0.05) is 37.3 Å². The third-order valence-corrected chi connectivity index (χ3v) is 3.19. The molecule has 2 N–H and O–H groups in total. The highest BCUT2D eigenvalue weighted by atomic mass is 16.1. The summed E-state index contributed by atoms with van der Waals surface area (Å²) in [5.74, 6) is 0.602. The van der Waals surface area contributed by atoms with Crippen molar-refractivity contribution in [2.24, 2.45) is 0 Å². The lowest BCUT2D eigenvalue weighted by Gasteiger charge is -2.17. The highest BCUT2D eigenvalue weighted by Gasteiger charge is 2.14. The summed E-state index contributed by atoms with van der Waals surface area (Å²) in [4.78, 5) is 16.4. The van der Waals surface area contributed by atoms with Gasteiger partial charge in [-0.05, 0) is 24.1 Å². The zero-order valence-corrected chi connectivity index (χ0v) is 11.8. The molecular formula is C16H19N3O. The van der Waals surface area contributed by atoms with E-state index >= 15 is 0 Å². The first-order valence-electron chi connectivity index (χ1n) is 6.74. The Bertz CT molecular complexity index is 569. The van der Waals surface area contributed by atoms with Crippen molar-refractivity contribution < 1.29 is 4.79 Å². The number of rotatable bonds is 5. The maximum atomic E-state index is 12.3. The smallest absolute Gasteiger partial charge is 0.251 e. The molecule has 0 radical (unpaired) electrons. The second-order valence-corrected chi connectivity index (χ2v) is 4.52. The Labute approximate surface area is 119 Å². The minimum absolute atomic E-state index is 0.0231. The Hall–Kier alpha value is -2.36. The van der Waals surface area contributed by atoms with Gasteiger partial charge >= 0.3 is 0 Å². The average Bonchev–Trinajstić information content (AvgIpc) is 2.53. The molecule has 0 aliphatic rings. The molecule has 0 saturated heterocycles. The van der Waals surface area contributed by atoms with Crippen molar-refractivity contribution in [3.05, 3.63) is 59.8 Å². The summed E-state index contributed by atoms with van der Waals surface area (Å²) in [5.41, 5.74) is 1.73.